The van der Waals surface area contributed by atoms with Crippen molar-refractivity contribution in [2.24, 2.45) is 11.3 Å². The molecule has 4 nitrogen and oxygen atoms in total. The van der Waals surface area contributed by atoms with Crippen molar-refractivity contribution in [3.8, 4) is 22.9 Å². The van der Waals surface area contributed by atoms with Gasteiger partial charge in [0.2, 0.25) is 0 Å². The Hall–Kier alpha value is -3.06. The zero-order valence-electron chi connectivity index (χ0n) is 23.4. The molecule has 0 spiro atoms. The van der Waals surface area contributed by atoms with Gasteiger partial charge in [0.05, 0.1) is 24.7 Å². The van der Waals surface area contributed by atoms with E-state index in [1.54, 1.807) is 0 Å². The van der Waals surface area contributed by atoms with Crippen molar-refractivity contribution in [3.05, 3.63) is 66.7 Å². The van der Waals surface area contributed by atoms with Crippen LogP contribution in [-0.2, 0) is 9.53 Å². The molecule has 2 unspecified atom stereocenters. The highest BCUT2D eigenvalue weighted by molar-refractivity contribution is 5.81. The fraction of sp³-hybridized carbons (Fsp3) is 0.529. The van der Waals surface area contributed by atoms with Gasteiger partial charge < -0.3 is 9.47 Å². The fourth-order valence-corrected chi connectivity index (χ4v) is 5.46. The Morgan fingerprint density at radius 3 is 2.34 bits per heavy atom. The van der Waals surface area contributed by atoms with Gasteiger partial charge in [0.25, 0.3) is 0 Å². The van der Waals surface area contributed by atoms with Crippen LogP contribution in [0.25, 0.3) is 11.1 Å². The van der Waals surface area contributed by atoms with E-state index in [-0.39, 0.29) is 11.4 Å². The average molecular weight is 516 g/mol. The number of carbonyl (C=O) groups excluding carboxylic acids is 1. The lowest BCUT2D eigenvalue weighted by molar-refractivity contribution is -0.137. The number of hydrogen-bond donors (Lipinski definition) is 0. The van der Waals surface area contributed by atoms with Crippen LogP contribution in [0.2, 0.25) is 0 Å². The van der Waals surface area contributed by atoms with Gasteiger partial charge >= 0.3 is 5.97 Å². The van der Waals surface area contributed by atoms with Crippen LogP contribution in [-0.4, -0.2) is 19.2 Å². The maximum Gasteiger partial charge on any atom is 0.330 e. The minimum Gasteiger partial charge on any atom is -0.494 e. The Morgan fingerprint density at radius 2 is 1.68 bits per heavy atom. The van der Waals surface area contributed by atoms with Crippen molar-refractivity contribution in [2.45, 2.75) is 90.4 Å². The first-order valence-corrected chi connectivity index (χ1v) is 14.5. The van der Waals surface area contributed by atoms with Gasteiger partial charge in [-0.05, 0) is 79.2 Å². The van der Waals surface area contributed by atoms with Gasteiger partial charge in [-0.15, -0.1) is 0 Å². The Labute approximate surface area is 230 Å². The maximum atomic E-state index is 11.1. The number of ether oxygens (including phenoxy) is 2. The molecule has 0 amide bonds. The summed E-state index contributed by atoms with van der Waals surface area (Å²) in [6.45, 7) is 9.05. The Kier molecular flexibility index (Phi) is 11.9. The van der Waals surface area contributed by atoms with Crippen LogP contribution in [0.1, 0.15) is 96.0 Å². The maximum absolute atomic E-state index is 11.1. The molecule has 0 radical (unpaired) electrons. The third kappa shape index (κ3) is 9.35. The van der Waals surface area contributed by atoms with E-state index in [4.69, 9.17) is 9.47 Å². The van der Waals surface area contributed by atoms with Crippen molar-refractivity contribution in [1.29, 1.82) is 5.26 Å². The summed E-state index contributed by atoms with van der Waals surface area (Å²) in [5.41, 5.74) is 3.56. The second-order valence-corrected chi connectivity index (χ2v) is 11.3. The number of nitrogens with zero attached hydrogens (tertiary/aromatic N) is 1. The van der Waals surface area contributed by atoms with Gasteiger partial charge in [-0.1, -0.05) is 88.9 Å². The van der Waals surface area contributed by atoms with Gasteiger partial charge in [-0.25, -0.2) is 4.79 Å². The number of nitriles is 1. The summed E-state index contributed by atoms with van der Waals surface area (Å²) in [6, 6.07) is 20.1. The first kappa shape index (κ1) is 29.5. The minimum atomic E-state index is -0.348. The topological polar surface area (TPSA) is 59.3 Å². The molecule has 0 aliphatic heterocycles. The quantitative estimate of drug-likeness (QED) is 0.135. The molecule has 1 aliphatic rings. The molecular formula is C34H45NO3. The zero-order chi connectivity index (χ0) is 27.2. The number of esters is 1. The van der Waals surface area contributed by atoms with Crippen molar-refractivity contribution >= 4 is 5.97 Å². The van der Waals surface area contributed by atoms with Crippen LogP contribution in [0.3, 0.4) is 0 Å². The van der Waals surface area contributed by atoms with Gasteiger partial charge in [0.15, 0.2) is 0 Å². The third-order valence-electron chi connectivity index (χ3n) is 7.83. The summed E-state index contributed by atoms with van der Waals surface area (Å²) in [6.07, 6.45) is 12.8. The summed E-state index contributed by atoms with van der Waals surface area (Å²) in [7, 11) is 0. The van der Waals surface area contributed by atoms with E-state index in [0.29, 0.717) is 18.4 Å². The van der Waals surface area contributed by atoms with Gasteiger partial charge in [0, 0.05) is 6.08 Å². The molecule has 1 saturated carbocycles. The minimum absolute atomic E-state index is 0.202. The number of unbranched alkanes of at least 4 members (excludes halogenated alkanes) is 4. The molecular weight excluding hydrogens is 470 g/mol. The van der Waals surface area contributed by atoms with Gasteiger partial charge in [-0.2, -0.15) is 5.26 Å². The van der Waals surface area contributed by atoms with Crippen LogP contribution in [0.5, 0.6) is 5.75 Å². The van der Waals surface area contributed by atoms with E-state index in [1.807, 2.05) is 0 Å². The molecule has 38 heavy (non-hydrogen) atoms. The largest absolute Gasteiger partial charge is 0.494 e. The van der Waals surface area contributed by atoms with E-state index in [9.17, 15) is 10.1 Å². The lowest BCUT2D eigenvalue weighted by atomic mass is 9.66. The van der Waals surface area contributed by atoms with Crippen molar-refractivity contribution in [1.82, 2.24) is 0 Å². The molecule has 0 heterocycles. The second-order valence-electron chi connectivity index (χ2n) is 11.3. The van der Waals surface area contributed by atoms with Gasteiger partial charge in [0.1, 0.15) is 5.75 Å². The second kappa shape index (κ2) is 15.4. The molecule has 1 aliphatic carbocycles. The Morgan fingerprint density at radius 1 is 1.03 bits per heavy atom. The average Bonchev–Trinajstić information content (AvgIpc) is 2.94. The molecule has 0 N–H and O–H groups in total. The van der Waals surface area contributed by atoms with Crippen molar-refractivity contribution < 1.29 is 14.3 Å². The number of benzene rings is 2. The fourth-order valence-electron chi connectivity index (χ4n) is 5.46. The molecule has 3 rings (SSSR count). The van der Waals surface area contributed by atoms with E-state index >= 15 is 0 Å². The Balaban J connectivity index is 1.47. The standard InChI is InChI=1S/C34H45NO3/c1-4-33(36)38-23-9-7-5-6-8-21-34(26-35)22-10-11-31(25-34)30-14-12-28(13-15-30)29-16-18-32(19-17-29)37-24-20-27(2)3/h4,12-19,27,31H,1,5-11,20-25H2,2-3H3. The van der Waals surface area contributed by atoms with Crippen LogP contribution in [0, 0.1) is 22.7 Å². The summed E-state index contributed by atoms with van der Waals surface area (Å²) in [5.74, 6) is 1.68. The molecule has 0 bridgehead atoms. The molecule has 2 aromatic rings. The highest BCUT2D eigenvalue weighted by Gasteiger charge is 2.36. The summed E-state index contributed by atoms with van der Waals surface area (Å²) >= 11 is 0. The van der Waals surface area contributed by atoms with E-state index in [0.717, 1.165) is 83.0 Å². The van der Waals surface area contributed by atoms with E-state index in [1.165, 1.54) is 22.8 Å². The highest BCUT2D eigenvalue weighted by Crippen LogP contribution is 2.46. The summed E-state index contributed by atoms with van der Waals surface area (Å²) in [5, 5.41) is 10.1. The highest BCUT2D eigenvalue weighted by atomic mass is 16.5. The summed E-state index contributed by atoms with van der Waals surface area (Å²) < 4.78 is 10.9. The van der Waals surface area contributed by atoms with Crippen molar-refractivity contribution in [3.63, 3.8) is 0 Å². The van der Waals surface area contributed by atoms with Crippen molar-refractivity contribution in [2.75, 3.05) is 13.2 Å². The first-order chi connectivity index (χ1) is 18.4. The van der Waals surface area contributed by atoms with Gasteiger partial charge in [-0.3, -0.25) is 0 Å². The number of carbonyl (C=O) groups is 1. The Bertz CT molecular complexity index is 1030. The predicted molar refractivity (Wildman–Crippen MR) is 155 cm³/mol. The molecule has 2 atom stereocenters. The molecule has 0 saturated heterocycles. The number of rotatable bonds is 15. The zero-order valence-corrected chi connectivity index (χ0v) is 23.4. The monoisotopic (exact) mass is 515 g/mol. The summed E-state index contributed by atoms with van der Waals surface area (Å²) in [4.78, 5) is 11.1. The SMILES string of the molecule is C=CC(=O)OCCCCCCCC1(C#N)CCCC(c2ccc(-c3ccc(OCCC(C)C)cc3)cc2)C1. The van der Waals surface area contributed by atoms with Crippen LogP contribution in [0.15, 0.2) is 61.2 Å². The predicted octanol–water partition coefficient (Wildman–Crippen LogP) is 9.02. The smallest absolute Gasteiger partial charge is 0.330 e. The third-order valence-corrected chi connectivity index (χ3v) is 7.83. The first-order valence-electron chi connectivity index (χ1n) is 14.5. The van der Waals surface area contributed by atoms with Crippen LogP contribution >= 0.6 is 0 Å². The molecule has 1 fully saturated rings. The van der Waals surface area contributed by atoms with Crippen LogP contribution in [0.4, 0.5) is 0 Å². The lowest BCUT2D eigenvalue weighted by Gasteiger charge is -2.36. The molecule has 204 valence electrons. The molecule has 0 aromatic heterocycles. The normalized spacial score (nSPS) is 19.1. The molecule has 4 heteroatoms. The van der Waals surface area contributed by atoms with E-state index < -0.39 is 0 Å². The molecule has 2 aromatic carbocycles. The number of hydrogen-bond acceptors (Lipinski definition) is 4. The lowest BCUT2D eigenvalue weighted by Crippen LogP contribution is -2.26. The van der Waals surface area contributed by atoms with Crippen LogP contribution < -0.4 is 4.74 Å². The van der Waals surface area contributed by atoms with E-state index in [2.05, 4.69) is 75.0 Å².